The molecule has 32 heavy (non-hydrogen) atoms. The van der Waals surface area contributed by atoms with Crippen molar-refractivity contribution in [2.24, 2.45) is 0 Å². The molecule has 4 rings (SSSR count). The van der Waals surface area contributed by atoms with E-state index in [-0.39, 0.29) is 18.0 Å². The van der Waals surface area contributed by atoms with E-state index in [0.717, 1.165) is 6.42 Å². The average molecular weight is 439 g/mol. The van der Waals surface area contributed by atoms with Gasteiger partial charge in [-0.1, -0.05) is 0 Å². The molecule has 3 aromatic rings. The molecule has 1 aromatic heterocycles. The number of nitrogens with zero attached hydrogens (tertiary/aromatic N) is 2. The van der Waals surface area contributed by atoms with Crippen molar-refractivity contribution in [3.63, 3.8) is 0 Å². The van der Waals surface area contributed by atoms with Gasteiger partial charge in [0.2, 0.25) is 0 Å². The number of nitrogens with one attached hydrogen (secondary N) is 1. The number of ether oxygens (including phenoxy) is 4. The number of methoxy groups -OCH3 is 2. The first-order chi connectivity index (χ1) is 15.5. The average Bonchev–Trinajstić information content (AvgIpc) is 3.06. The van der Waals surface area contributed by atoms with Crippen LogP contribution in [0.2, 0.25) is 0 Å². The molecule has 0 saturated carbocycles. The van der Waals surface area contributed by atoms with Crippen LogP contribution in [0, 0.1) is 0 Å². The molecule has 9 heteroatoms. The van der Waals surface area contributed by atoms with Gasteiger partial charge in [-0.2, -0.15) is 0 Å². The lowest BCUT2D eigenvalue weighted by molar-refractivity contribution is 0.0748. The van der Waals surface area contributed by atoms with Crippen molar-refractivity contribution in [1.82, 2.24) is 14.9 Å². The monoisotopic (exact) mass is 439 g/mol. The molecule has 2 aromatic carbocycles. The van der Waals surface area contributed by atoms with Crippen molar-refractivity contribution in [1.29, 1.82) is 0 Å². The summed E-state index contributed by atoms with van der Waals surface area (Å²) < 4.78 is 21.9. The predicted octanol–water partition coefficient (Wildman–Crippen LogP) is 2.76. The second-order valence-corrected chi connectivity index (χ2v) is 7.27. The lowest BCUT2D eigenvalue weighted by atomic mass is 10.1. The first-order valence-corrected chi connectivity index (χ1v) is 10.4. The molecule has 0 atom stereocenters. The molecule has 168 valence electrons. The Balaban J connectivity index is 1.62. The molecule has 0 aliphatic carbocycles. The van der Waals surface area contributed by atoms with Crippen LogP contribution in [-0.4, -0.2) is 54.8 Å². The number of rotatable bonds is 6. The minimum absolute atomic E-state index is 0.142. The van der Waals surface area contributed by atoms with Gasteiger partial charge >= 0.3 is 0 Å². The topological polar surface area (TPSA) is 103 Å². The smallest absolute Gasteiger partial charge is 0.258 e. The van der Waals surface area contributed by atoms with E-state index in [0.29, 0.717) is 65.0 Å². The molecule has 1 aliphatic heterocycles. The fourth-order valence-electron chi connectivity index (χ4n) is 3.58. The zero-order valence-electron chi connectivity index (χ0n) is 18.3. The number of hydrogen-bond donors (Lipinski definition) is 1. The molecular weight excluding hydrogens is 414 g/mol. The molecule has 9 nitrogen and oxygen atoms in total. The van der Waals surface area contributed by atoms with E-state index in [1.807, 2.05) is 6.92 Å². The normalized spacial score (nSPS) is 12.8. The SMILES string of the molecule is CCN(Cc1nc2cc(OC)c(OC)cc2c(=O)[nH]1)C(=O)c1ccc2c(c1)OCCCO2. The van der Waals surface area contributed by atoms with Crippen LogP contribution in [0.4, 0.5) is 0 Å². The number of hydrogen-bond acceptors (Lipinski definition) is 7. The van der Waals surface area contributed by atoms with Crippen LogP contribution in [0.3, 0.4) is 0 Å². The Kier molecular flexibility index (Phi) is 6.16. The molecule has 2 heterocycles. The van der Waals surface area contributed by atoms with E-state index < -0.39 is 0 Å². The molecule has 0 fully saturated rings. The standard InChI is InChI=1S/C23H25N3O6/c1-4-26(23(28)14-6-7-17-20(10-14)32-9-5-8-31-17)13-21-24-16-12-19(30-3)18(29-2)11-15(16)22(27)25-21/h6-7,10-12H,4-5,8-9,13H2,1-3H3,(H,24,25,27). The molecule has 0 bridgehead atoms. The van der Waals surface area contributed by atoms with Gasteiger partial charge in [-0.15, -0.1) is 0 Å². The Labute approximate surface area is 184 Å². The summed E-state index contributed by atoms with van der Waals surface area (Å²) in [6.07, 6.45) is 0.788. The summed E-state index contributed by atoms with van der Waals surface area (Å²) in [6, 6.07) is 8.39. The van der Waals surface area contributed by atoms with Crippen LogP contribution in [0.5, 0.6) is 23.0 Å². The van der Waals surface area contributed by atoms with Gasteiger partial charge < -0.3 is 28.8 Å². The lowest BCUT2D eigenvalue weighted by Gasteiger charge is -2.21. The van der Waals surface area contributed by atoms with Crippen LogP contribution < -0.4 is 24.5 Å². The molecule has 1 aliphatic rings. The van der Waals surface area contributed by atoms with E-state index in [4.69, 9.17) is 18.9 Å². The first kappa shape index (κ1) is 21.5. The van der Waals surface area contributed by atoms with Crippen LogP contribution in [-0.2, 0) is 6.54 Å². The van der Waals surface area contributed by atoms with E-state index in [2.05, 4.69) is 9.97 Å². The van der Waals surface area contributed by atoms with Gasteiger partial charge in [-0.3, -0.25) is 9.59 Å². The molecule has 0 saturated heterocycles. The third-order valence-electron chi connectivity index (χ3n) is 5.26. The highest BCUT2D eigenvalue weighted by Gasteiger charge is 2.20. The Hall–Kier alpha value is -3.75. The second kappa shape index (κ2) is 9.17. The van der Waals surface area contributed by atoms with Crippen molar-refractivity contribution in [3.8, 4) is 23.0 Å². The number of aromatic amines is 1. The van der Waals surface area contributed by atoms with Crippen LogP contribution in [0.1, 0.15) is 29.5 Å². The van der Waals surface area contributed by atoms with Gasteiger partial charge in [0.15, 0.2) is 23.0 Å². The van der Waals surface area contributed by atoms with E-state index in [1.54, 1.807) is 35.2 Å². The van der Waals surface area contributed by atoms with Gasteiger partial charge in [0.25, 0.3) is 11.5 Å². The zero-order chi connectivity index (χ0) is 22.7. The number of H-pyrrole nitrogens is 1. The van der Waals surface area contributed by atoms with Crippen molar-refractivity contribution >= 4 is 16.8 Å². The van der Waals surface area contributed by atoms with Crippen molar-refractivity contribution in [2.45, 2.75) is 19.9 Å². The summed E-state index contributed by atoms with van der Waals surface area (Å²) in [4.78, 5) is 34.7. The number of fused-ring (bicyclic) bond motifs is 2. The number of amides is 1. The summed E-state index contributed by atoms with van der Waals surface area (Å²) in [5.74, 6) is 2.28. The molecule has 0 unspecified atom stereocenters. The highest BCUT2D eigenvalue weighted by Crippen LogP contribution is 2.31. The van der Waals surface area contributed by atoms with Gasteiger partial charge in [-0.25, -0.2) is 4.98 Å². The first-order valence-electron chi connectivity index (χ1n) is 10.4. The lowest BCUT2D eigenvalue weighted by Crippen LogP contribution is -2.32. The second-order valence-electron chi connectivity index (χ2n) is 7.27. The summed E-state index contributed by atoms with van der Waals surface area (Å²) in [7, 11) is 3.02. The van der Waals surface area contributed by atoms with Crippen molar-refractivity contribution in [3.05, 3.63) is 52.1 Å². The minimum atomic E-state index is -0.315. The quantitative estimate of drug-likeness (QED) is 0.630. The predicted molar refractivity (Wildman–Crippen MR) is 118 cm³/mol. The van der Waals surface area contributed by atoms with E-state index >= 15 is 0 Å². The molecular formula is C23H25N3O6. The largest absolute Gasteiger partial charge is 0.493 e. The Bertz CT molecular complexity index is 1210. The van der Waals surface area contributed by atoms with Crippen molar-refractivity contribution < 1.29 is 23.7 Å². The highest BCUT2D eigenvalue weighted by molar-refractivity contribution is 5.95. The Morgan fingerprint density at radius 2 is 1.81 bits per heavy atom. The minimum Gasteiger partial charge on any atom is -0.493 e. The van der Waals surface area contributed by atoms with E-state index in [1.165, 1.54) is 14.2 Å². The maximum absolute atomic E-state index is 13.2. The van der Waals surface area contributed by atoms with Gasteiger partial charge in [0, 0.05) is 24.6 Å². The Morgan fingerprint density at radius 1 is 1.09 bits per heavy atom. The molecule has 1 amide bonds. The highest BCUT2D eigenvalue weighted by atomic mass is 16.5. The van der Waals surface area contributed by atoms with Crippen LogP contribution in [0.15, 0.2) is 35.1 Å². The van der Waals surface area contributed by atoms with E-state index in [9.17, 15) is 9.59 Å². The van der Waals surface area contributed by atoms with Crippen LogP contribution in [0.25, 0.3) is 10.9 Å². The molecule has 1 N–H and O–H groups in total. The third-order valence-corrected chi connectivity index (χ3v) is 5.26. The molecule has 0 spiro atoms. The van der Waals surface area contributed by atoms with Crippen molar-refractivity contribution in [2.75, 3.05) is 34.0 Å². The Morgan fingerprint density at radius 3 is 2.53 bits per heavy atom. The summed E-state index contributed by atoms with van der Waals surface area (Å²) in [6.45, 7) is 3.57. The number of carbonyl (C=O) groups is 1. The van der Waals surface area contributed by atoms with Gasteiger partial charge in [-0.05, 0) is 31.2 Å². The number of aromatic nitrogens is 2. The fraction of sp³-hybridized carbons (Fsp3) is 0.348. The maximum atomic E-state index is 13.2. The fourth-order valence-corrected chi connectivity index (χ4v) is 3.58. The van der Waals surface area contributed by atoms with Gasteiger partial charge in [0.05, 0.1) is 44.9 Å². The third kappa shape index (κ3) is 4.18. The summed E-state index contributed by atoms with van der Waals surface area (Å²) in [5, 5.41) is 0.378. The maximum Gasteiger partial charge on any atom is 0.258 e. The number of carbonyl (C=O) groups excluding carboxylic acids is 1. The van der Waals surface area contributed by atoms with Crippen LogP contribution >= 0.6 is 0 Å². The zero-order valence-corrected chi connectivity index (χ0v) is 18.3. The summed E-state index contributed by atoms with van der Waals surface area (Å²) in [5.41, 5.74) is 0.621. The molecule has 0 radical (unpaired) electrons. The number of benzene rings is 2. The van der Waals surface area contributed by atoms with Gasteiger partial charge in [0.1, 0.15) is 5.82 Å². The summed E-state index contributed by atoms with van der Waals surface area (Å²) >= 11 is 0.